The van der Waals surface area contributed by atoms with Gasteiger partial charge in [0.05, 0.1) is 22.6 Å². The van der Waals surface area contributed by atoms with Crippen LogP contribution >= 0.6 is 0 Å². The van der Waals surface area contributed by atoms with E-state index in [0.29, 0.717) is 10.7 Å². The molecule has 0 aliphatic rings. The van der Waals surface area contributed by atoms with Gasteiger partial charge in [0.2, 0.25) is 0 Å². The van der Waals surface area contributed by atoms with Crippen molar-refractivity contribution in [1.29, 1.82) is 0 Å². The van der Waals surface area contributed by atoms with Crippen molar-refractivity contribution in [2.45, 2.75) is 84.7 Å². The number of carbonyl (C=O) groups excluding carboxylic acids is 3. The molecule has 1 aromatic heterocycles. The van der Waals surface area contributed by atoms with E-state index >= 15 is 0 Å². The van der Waals surface area contributed by atoms with E-state index in [2.05, 4.69) is 10.3 Å². The lowest BCUT2D eigenvalue weighted by molar-refractivity contribution is -0.182. The molecule has 0 radical (unpaired) electrons. The first-order valence-corrected chi connectivity index (χ1v) is 15.9. The third-order valence-electron chi connectivity index (χ3n) is 7.62. The van der Waals surface area contributed by atoms with Gasteiger partial charge < -0.3 is 14.2 Å². The summed E-state index contributed by atoms with van der Waals surface area (Å²) >= 11 is 0. The Bertz CT molecular complexity index is 2000. The topological polar surface area (TPSA) is 127 Å². The molecule has 1 atom stereocenters. The van der Waals surface area contributed by atoms with Crippen molar-refractivity contribution in [1.82, 2.24) is 15.0 Å². The van der Waals surface area contributed by atoms with Crippen LogP contribution in [-0.2, 0) is 44.6 Å². The summed E-state index contributed by atoms with van der Waals surface area (Å²) in [5.74, 6) is -2.83. The van der Waals surface area contributed by atoms with Gasteiger partial charge in [-0.3, -0.25) is 19.2 Å². The maximum atomic E-state index is 13.9. The van der Waals surface area contributed by atoms with Crippen LogP contribution in [-0.4, -0.2) is 44.4 Å². The molecule has 4 rings (SSSR count). The van der Waals surface area contributed by atoms with E-state index in [1.54, 1.807) is 0 Å². The first-order valence-electron chi connectivity index (χ1n) is 15.9. The molecule has 0 fully saturated rings. The van der Waals surface area contributed by atoms with Crippen LogP contribution in [0.3, 0.4) is 0 Å². The summed E-state index contributed by atoms with van der Waals surface area (Å²) in [5.41, 5.74) is -6.31. The van der Waals surface area contributed by atoms with Gasteiger partial charge in [-0.15, -0.1) is 5.10 Å². The second kappa shape index (κ2) is 15.1. The van der Waals surface area contributed by atoms with Crippen LogP contribution < -0.4 is 10.3 Å². The van der Waals surface area contributed by atoms with Crippen molar-refractivity contribution in [3.8, 4) is 5.75 Å². The van der Waals surface area contributed by atoms with Gasteiger partial charge in [-0.05, 0) is 101 Å². The van der Waals surface area contributed by atoms with Crippen molar-refractivity contribution in [2.75, 3.05) is 0 Å². The summed E-state index contributed by atoms with van der Waals surface area (Å²) in [7, 11) is 0. The lowest BCUT2D eigenvalue weighted by Gasteiger charge is -2.33. The number of ketones is 1. The van der Waals surface area contributed by atoms with E-state index < -0.39 is 88.7 Å². The zero-order chi connectivity index (χ0) is 38.6. The van der Waals surface area contributed by atoms with Crippen LogP contribution in [0.1, 0.15) is 74.5 Å². The fraction of sp³-hybridized carbons (Fsp3) is 0.389. The number of aryl methyl sites for hydroxylation is 1. The Labute approximate surface area is 293 Å². The summed E-state index contributed by atoms with van der Waals surface area (Å²) in [6.07, 6.45) is -11.5. The van der Waals surface area contributed by atoms with Crippen molar-refractivity contribution in [2.24, 2.45) is 5.41 Å². The molecule has 0 saturated carbocycles. The number of rotatable bonds is 12. The smallest absolute Gasteiger partial charge is 0.416 e. The zero-order valence-corrected chi connectivity index (χ0v) is 28.7. The minimum atomic E-state index is -4.76. The van der Waals surface area contributed by atoms with Crippen molar-refractivity contribution in [3.63, 3.8) is 0 Å². The Hall–Kier alpha value is -5.28. The Kier molecular flexibility index (Phi) is 11.5. The Balaban J connectivity index is 1.65. The Morgan fingerprint density at radius 2 is 1.46 bits per heavy atom. The van der Waals surface area contributed by atoms with Gasteiger partial charge in [0.15, 0.2) is 11.2 Å². The van der Waals surface area contributed by atoms with Crippen LogP contribution in [0.15, 0.2) is 71.5 Å². The maximum Gasteiger partial charge on any atom is 0.416 e. The summed E-state index contributed by atoms with van der Waals surface area (Å²) in [6, 6.07) is 12.3. The highest BCUT2D eigenvalue weighted by Gasteiger charge is 2.52. The summed E-state index contributed by atoms with van der Waals surface area (Å²) in [5, 5.41) is 7.17. The number of hydrogen-bond acceptors (Lipinski definition) is 9. The van der Waals surface area contributed by atoms with Crippen LogP contribution in [0.25, 0.3) is 10.9 Å². The van der Waals surface area contributed by atoms with E-state index in [1.165, 1.54) is 71.0 Å². The first-order chi connectivity index (χ1) is 24.1. The molecule has 52 heavy (non-hydrogen) atoms. The van der Waals surface area contributed by atoms with Gasteiger partial charge in [0.1, 0.15) is 23.5 Å². The molecule has 0 amide bonds. The number of alkyl halides is 6. The third kappa shape index (κ3) is 9.73. The first kappa shape index (κ1) is 39.5. The van der Waals surface area contributed by atoms with E-state index in [-0.39, 0.29) is 29.0 Å². The predicted molar refractivity (Wildman–Crippen MR) is 174 cm³/mol. The minimum absolute atomic E-state index is 0.0130. The molecule has 0 spiro atoms. The number of halogens is 6. The predicted octanol–water partition coefficient (Wildman–Crippen LogP) is 7.35. The highest BCUT2D eigenvalue weighted by molar-refractivity contribution is 6.07. The van der Waals surface area contributed by atoms with Crippen molar-refractivity contribution in [3.05, 3.63) is 99.3 Å². The molecule has 1 unspecified atom stereocenters. The van der Waals surface area contributed by atoms with Crippen LogP contribution in [0.4, 0.5) is 26.3 Å². The summed E-state index contributed by atoms with van der Waals surface area (Å²) in [6.45, 7) is 6.84. The van der Waals surface area contributed by atoms with Gasteiger partial charge >= 0.3 is 24.3 Å². The number of benzene rings is 3. The van der Waals surface area contributed by atoms with Gasteiger partial charge in [-0.2, -0.15) is 26.3 Å². The number of esters is 2. The fourth-order valence-electron chi connectivity index (χ4n) is 5.04. The van der Waals surface area contributed by atoms with Crippen molar-refractivity contribution < 1.29 is 54.9 Å². The normalized spacial score (nSPS) is 13.5. The summed E-state index contributed by atoms with van der Waals surface area (Å²) < 4.78 is 96.7. The minimum Gasteiger partial charge on any atom is -0.489 e. The molecule has 0 aliphatic heterocycles. The number of nitrogens with zero attached hydrogens (tertiary/aromatic N) is 3. The van der Waals surface area contributed by atoms with Crippen molar-refractivity contribution >= 4 is 28.6 Å². The fourth-order valence-corrected chi connectivity index (χ4v) is 5.04. The number of ether oxygens (including phenoxy) is 3. The number of carbonyl (C=O) groups is 3. The van der Waals surface area contributed by atoms with Gasteiger partial charge in [0.25, 0.3) is 5.56 Å². The van der Waals surface area contributed by atoms with Gasteiger partial charge in [-0.1, -0.05) is 17.3 Å². The molecule has 4 aromatic rings. The van der Waals surface area contributed by atoms with E-state index in [4.69, 9.17) is 14.2 Å². The molecule has 3 aromatic carbocycles. The monoisotopic (exact) mass is 735 g/mol. The third-order valence-corrected chi connectivity index (χ3v) is 7.62. The average molecular weight is 736 g/mol. The number of Topliss-reactive ketones (excluding diaryl/α,β-unsaturated/α-hetero) is 1. The molecule has 0 bridgehead atoms. The van der Waals surface area contributed by atoms with Crippen LogP contribution in [0.2, 0.25) is 0 Å². The van der Waals surface area contributed by atoms with E-state index in [0.717, 1.165) is 24.3 Å². The molecule has 278 valence electrons. The molecule has 16 heteroatoms. The lowest BCUT2D eigenvalue weighted by Crippen LogP contribution is -2.48. The molecule has 0 saturated heterocycles. The number of fused-ring (bicyclic) bond motifs is 1. The van der Waals surface area contributed by atoms with Crippen LogP contribution in [0, 0.1) is 5.41 Å². The van der Waals surface area contributed by atoms with Crippen LogP contribution in [0.5, 0.6) is 5.75 Å². The molecular weight excluding hydrogens is 700 g/mol. The highest BCUT2D eigenvalue weighted by atomic mass is 19.4. The average Bonchev–Trinajstić information content (AvgIpc) is 3.04. The molecule has 1 heterocycles. The van der Waals surface area contributed by atoms with E-state index in [1.807, 2.05) is 0 Å². The maximum absolute atomic E-state index is 13.9. The number of aromatic nitrogens is 3. The lowest BCUT2D eigenvalue weighted by atomic mass is 9.78. The number of hydrogen-bond donors (Lipinski definition) is 0. The van der Waals surface area contributed by atoms with E-state index in [9.17, 15) is 45.5 Å². The Morgan fingerprint density at radius 1 is 0.827 bits per heavy atom. The molecule has 0 N–H and O–H groups in total. The van der Waals surface area contributed by atoms with Gasteiger partial charge in [-0.25, -0.2) is 4.68 Å². The zero-order valence-electron chi connectivity index (χ0n) is 28.7. The summed E-state index contributed by atoms with van der Waals surface area (Å²) in [4.78, 5) is 54.7. The van der Waals surface area contributed by atoms with Gasteiger partial charge in [0, 0.05) is 18.5 Å². The highest BCUT2D eigenvalue weighted by Crippen LogP contribution is 2.36. The molecule has 10 nitrogen and oxygen atoms in total. The standard InChI is InChI=1S/C36H35F6N3O7/c1-21(2)51-31(48)34(32(49)52-33(3,4)5,15-16-45-30(47)27-18-25(36(40,41)42)11-14-28(27)43-44-45)19-29(46)23-9-12-26(13-10-23)50-20-22-7-6-8-24(17-22)35(37,38)39/h6-14,17-18,21H,15-16,19-20H2,1-5H3. The second-order valence-electron chi connectivity index (χ2n) is 13.2. The molecule has 0 aliphatic carbocycles. The SMILES string of the molecule is CC(C)OC(=O)C(CCn1nnc2ccc(C(F)(F)F)cc2c1=O)(CC(=O)c1ccc(OCc2cccc(C(F)(F)F)c2)cc1)C(=O)OC(C)(C)C. The largest absolute Gasteiger partial charge is 0.489 e. The Morgan fingerprint density at radius 3 is 2.06 bits per heavy atom. The quantitative estimate of drug-likeness (QED) is 0.0635. The molecular formula is C36H35F6N3O7. The second-order valence-corrected chi connectivity index (χ2v) is 13.2.